The summed E-state index contributed by atoms with van der Waals surface area (Å²) < 4.78 is 21.1. The number of aromatic nitrogens is 1. The van der Waals surface area contributed by atoms with Gasteiger partial charge in [0.15, 0.2) is 6.61 Å². The van der Waals surface area contributed by atoms with Gasteiger partial charge < -0.3 is 14.6 Å². The predicted molar refractivity (Wildman–Crippen MR) is 167 cm³/mol. The summed E-state index contributed by atoms with van der Waals surface area (Å²) >= 11 is 5.91. The number of halogens is 2. The van der Waals surface area contributed by atoms with Gasteiger partial charge in [-0.05, 0) is 60.5 Å². The molecule has 2 N–H and O–H groups in total. The summed E-state index contributed by atoms with van der Waals surface area (Å²) in [7, 11) is 0. The monoisotopic (exact) mass is 596 g/mol. The minimum absolute atomic E-state index is 0.268. The summed E-state index contributed by atoms with van der Waals surface area (Å²) in [5, 5.41) is 8.56. The number of carbonyl (C=O) groups excluding carboxylic acids is 2. The fourth-order valence-corrected chi connectivity index (χ4v) is 4.94. The van der Waals surface area contributed by atoms with Crippen molar-refractivity contribution in [1.82, 2.24) is 15.3 Å². The fraction of sp³-hybridized carbons (Fsp3) is 0.147. The van der Waals surface area contributed by atoms with Gasteiger partial charge in [-0.1, -0.05) is 72.3 Å². The van der Waals surface area contributed by atoms with Crippen LogP contribution in [0.15, 0.2) is 108 Å². The van der Waals surface area contributed by atoms with E-state index >= 15 is 0 Å². The maximum atomic E-state index is 13.4. The van der Waals surface area contributed by atoms with Crippen LogP contribution in [0.3, 0.4) is 0 Å². The van der Waals surface area contributed by atoms with E-state index < -0.39 is 17.9 Å². The lowest BCUT2D eigenvalue weighted by molar-refractivity contribution is -0.130. The van der Waals surface area contributed by atoms with Crippen molar-refractivity contribution >= 4 is 40.5 Å². The molecule has 2 amide bonds. The maximum absolute atomic E-state index is 13.4. The third-order valence-electron chi connectivity index (χ3n) is 7.02. The van der Waals surface area contributed by atoms with Crippen LogP contribution in [0.25, 0.3) is 10.9 Å². The van der Waals surface area contributed by atoms with Gasteiger partial charge in [-0.25, -0.2) is 9.82 Å². The highest BCUT2D eigenvalue weighted by atomic mass is 35.5. The molecular formula is C34H30ClFN4O3. The van der Waals surface area contributed by atoms with E-state index in [4.69, 9.17) is 16.3 Å². The van der Waals surface area contributed by atoms with Crippen molar-refractivity contribution in [2.75, 3.05) is 6.61 Å². The Hall–Kier alpha value is -4.95. The standard InChI is InChI=1S/C34H30ClFN4O3/c1-23-30(29-9-5-6-10-32(29)40(23)21-25-11-15-27(36)16-12-25)20-37-39-34(42)31(19-24-7-3-2-4-8-24)38-33(41)22-43-28-17-13-26(35)14-18-28/h2-18,20,31H,19,21-22H2,1H3,(H,38,41)(H,39,42)/b37-20-/t31-/m1/s1. The smallest absolute Gasteiger partial charge is 0.262 e. The van der Waals surface area contributed by atoms with E-state index in [0.29, 0.717) is 17.3 Å². The normalized spacial score (nSPS) is 11.9. The molecule has 0 saturated heterocycles. The van der Waals surface area contributed by atoms with Crippen molar-refractivity contribution in [2.24, 2.45) is 5.10 Å². The summed E-state index contributed by atoms with van der Waals surface area (Å²) in [6, 6.07) is 29.5. The van der Waals surface area contributed by atoms with Gasteiger partial charge in [0.25, 0.3) is 11.8 Å². The molecule has 1 atom stereocenters. The molecule has 0 saturated carbocycles. The highest BCUT2D eigenvalue weighted by Gasteiger charge is 2.22. The molecule has 0 unspecified atom stereocenters. The first-order chi connectivity index (χ1) is 20.9. The SMILES string of the molecule is Cc1c(/C=N\NC(=O)[C@@H](Cc2ccccc2)NC(=O)COc2ccc(Cl)cc2)c2ccccc2n1Cc1ccc(F)cc1. The second-order valence-electron chi connectivity index (χ2n) is 10.0. The molecule has 0 radical (unpaired) electrons. The number of hydrazone groups is 1. The van der Waals surface area contributed by atoms with Gasteiger partial charge in [0, 0.05) is 40.1 Å². The minimum atomic E-state index is -0.887. The Labute approximate surface area is 253 Å². The molecule has 7 nitrogen and oxygen atoms in total. The van der Waals surface area contributed by atoms with Crippen molar-refractivity contribution in [3.05, 3.63) is 136 Å². The van der Waals surface area contributed by atoms with Crippen molar-refractivity contribution in [1.29, 1.82) is 0 Å². The third-order valence-corrected chi connectivity index (χ3v) is 7.27. The molecule has 43 heavy (non-hydrogen) atoms. The first kappa shape index (κ1) is 29.5. The van der Waals surface area contributed by atoms with E-state index in [9.17, 15) is 14.0 Å². The Balaban J connectivity index is 1.30. The van der Waals surface area contributed by atoms with Gasteiger partial charge in [-0.2, -0.15) is 5.10 Å². The Morgan fingerprint density at radius 3 is 2.37 bits per heavy atom. The molecule has 9 heteroatoms. The molecule has 5 aromatic rings. The molecule has 0 aliphatic rings. The van der Waals surface area contributed by atoms with Crippen molar-refractivity contribution in [3.8, 4) is 5.75 Å². The van der Waals surface area contributed by atoms with Gasteiger partial charge in [0.2, 0.25) is 0 Å². The summed E-state index contributed by atoms with van der Waals surface area (Å²) in [4.78, 5) is 26.0. The number of fused-ring (bicyclic) bond motifs is 1. The molecule has 0 fully saturated rings. The van der Waals surface area contributed by atoms with Crippen LogP contribution >= 0.6 is 11.6 Å². The van der Waals surface area contributed by atoms with Gasteiger partial charge in [-0.15, -0.1) is 0 Å². The summed E-state index contributed by atoms with van der Waals surface area (Å²) in [6.45, 7) is 2.26. The number of ether oxygens (including phenoxy) is 1. The van der Waals surface area contributed by atoms with E-state index in [1.54, 1.807) is 42.6 Å². The molecule has 0 aliphatic heterocycles. The van der Waals surface area contributed by atoms with Crippen molar-refractivity contribution in [3.63, 3.8) is 0 Å². The number of hydrogen-bond acceptors (Lipinski definition) is 4. The van der Waals surface area contributed by atoms with Gasteiger partial charge >= 0.3 is 0 Å². The number of nitrogens with zero attached hydrogens (tertiary/aromatic N) is 2. The predicted octanol–water partition coefficient (Wildman–Crippen LogP) is 6.05. The van der Waals surface area contributed by atoms with Gasteiger partial charge in [-0.3, -0.25) is 9.59 Å². The number of amides is 2. The van der Waals surface area contributed by atoms with Crippen LogP contribution in [0.1, 0.15) is 22.4 Å². The molecule has 1 heterocycles. The zero-order chi connectivity index (χ0) is 30.2. The first-order valence-electron chi connectivity index (χ1n) is 13.7. The van der Waals surface area contributed by atoms with E-state index in [2.05, 4.69) is 20.4 Å². The quantitative estimate of drug-likeness (QED) is 0.144. The number of hydrogen-bond donors (Lipinski definition) is 2. The van der Waals surface area contributed by atoms with E-state index in [1.165, 1.54) is 12.1 Å². The van der Waals surface area contributed by atoms with Crippen LogP contribution < -0.4 is 15.5 Å². The summed E-state index contributed by atoms with van der Waals surface area (Å²) in [5.41, 5.74) is 7.22. The lowest BCUT2D eigenvalue weighted by atomic mass is 10.1. The zero-order valence-electron chi connectivity index (χ0n) is 23.5. The van der Waals surface area contributed by atoms with E-state index in [0.717, 1.165) is 33.3 Å². The highest BCUT2D eigenvalue weighted by molar-refractivity contribution is 6.30. The topological polar surface area (TPSA) is 84.7 Å². The maximum Gasteiger partial charge on any atom is 0.262 e. The van der Waals surface area contributed by atoms with E-state index in [-0.39, 0.29) is 18.8 Å². The van der Waals surface area contributed by atoms with Gasteiger partial charge in [0.1, 0.15) is 17.6 Å². The first-order valence-corrected chi connectivity index (χ1v) is 14.1. The number of para-hydroxylation sites is 1. The van der Waals surface area contributed by atoms with Crippen LogP contribution in [0.4, 0.5) is 4.39 Å². The van der Waals surface area contributed by atoms with Crippen LogP contribution in [0, 0.1) is 12.7 Å². The minimum Gasteiger partial charge on any atom is -0.484 e. The van der Waals surface area contributed by atoms with Crippen LogP contribution in [0.2, 0.25) is 5.02 Å². The largest absolute Gasteiger partial charge is 0.484 e. The number of nitrogens with one attached hydrogen (secondary N) is 2. The Morgan fingerprint density at radius 1 is 0.930 bits per heavy atom. The molecule has 1 aromatic heterocycles. The van der Waals surface area contributed by atoms with Gasteiger partial charge in [0.05, 0.1) is 6.21 Å². The summed E-state index contributed by atoms with van der Waals surface area (Å²) in [6.07, 6.45) is 1.88. The average Bonchev–Trinajstić information content (AvgIpc) is 3.28. The number of rotatable bonds is 11. The third kappa shape index (κ3) is 7.67. The molecule has 218 valence electrons. The molecule has 4 aromatic carbocycles. The van der Waals surface area contributed by atoms with Crippen molar-refractivity contribution in [2.45, 2.75) is 25.9 Å². The lowest BCUT2D eigenvalue weighted by Gasteiger charge is -2.17. The summed E-state index contributed by atoms with van der Waals surface area (Å²) in [5.74, 6) is -0.707. The molecular weight excluding hydrogens is 567 g/mol. The highest BCUT2D eigenvalue weighted by Crippen LogP contribution is 2.25. The van der Waals surface area contributed by atoms with Crippen LogP contribution in [0.5, 0.6) is 5.75 Å². The fourth-order valence-electron chi connectivity index (χ4n) is 4.81. The molecule has 0 spiro atoms. The lowest BCUT2D eigenvalue weighted by Crippen LogP contribution is -2.48. The molecule has 0 aliphatic carbocycles. The average molecular weight is 597 g/mol. The van der Waals surface area contributed by atoms with Crippen LogP contribution in [-0.4, -0.2) is 35.2 Å². The second-order valence-corrected chi connectivity index (χ2v) is 10.5. The number of benzene rings is 4. The van der Waals surface area contributed by atoms with Crippen molar-refractivity contribution < 1.29 is 18.7 Å². The van der Waals surface area contributed by atoms with Crippen LogP contribution in [-0.2, 0) is 22.6 Å². The van der Waals surface area contributed by atoms with E-state index in [1.807, 2.05) is 61.5 Å². The zero-order valence-corrected chi connectivity index (χ0v) is 24.2. The Bertz CT molecular complexity index is 1740. The second kappa shape index (κ2) is 13.8. The molecule has 5 rings (SSSR count). The number of carbonyl (C=O) groups is 2. The Morgan fingerprint density at radius 2 is 1.63 bits per heavy atom. The Kier molecular flexibility index (Phi) is 9.49. The molecule has 0 bridgehead atoms.